The van der Waals surface area contributed by atoms with Crippen molar-refractivity contribution in [3.63, 3.8) is 0 Å². The lowest BCUT2D eigenvalue weighted by Crippen LogP contribution is -2.46. The van der Waals surface area contributed by atoms with E-state index in [0.29, 0.717) is 24.6 Å². The van der Waals surface area contributed by atoms with E-state index in [-0.39, 0.29) is 5.75 Å². The van der Waals surface area contributed by atoms with Crippen LogP contribution < -0.4 is 10.6 Å². The largest absolute Gasteiger partial charge is 0.355 e. The van der Waals surface area contributed by atoms with Crippen molar-refractivity contribution in [3.8, 4) is 0 Å². The van der Waals surface area contributed by atoms with Crippen LogP contribution in [0.15, 0.2) is 35.3 Å². The second-order valence-corrected chi connectivity index (χ2v) is 11.1. The van der Waals surface area contributed by atoms with Crippen molar-refractivity contribution < 1.29 is 8.42 Å². The lowest BCUT2D eigenvalue weighted by atomic mass is 10.2. The highest BCUT2D eigenvalue weighted by molar-refractivity contribution is 7.92. The smallest absolute Gasteiger partial charge is 0.191 e. The molecule has 1 saturated heterocycles. The van der Waals surface area contributed by atoms with Gasteiger partial charge in [0.05, 0.1) is 10.5 Å². The van der Waals surface area contributed by atoms with E-state index in [9.17, 15) is 8.42 Å². The average molecular weight is 395 g/mol. The third-order valence-corrected chi connectivity index (χ3v) is 7.70. The predicted octanol–water partition coefficient (Wildman–Crippen LogP) is 2.03. The lowest BCUT2D eigenvalue weighted by molar-refractivity contribution is 0.258. The standard InChI is InChI=1S/C20H34N4O2S/c1-16-13-18(15-24(16)14-17-9-7-6-8-10-17)23-19(21-5)22-11-12-27(25,26)20(2,3)4/h6-10,16,18H,11-15H2,1-5H3,(H2,21,22,23). The van der Waals surface area contributed by atoms with Crippen LogP contribution in [0, 0.1) is 0 Å². The van der Waals surface area contributed by atoms with Crippen molar-refractivity contribution >= 4 is 15.8 Å². The van der Waals surface area contributed by atoms with Gasteiger partial charge in [0.1, 0.15) is 0 Å². The number of aliphatic imine (C=N–C) groups is 1. The van der Waals surface area contributed by atoms with Crippen LogP contribution in [-0.4, -0.2) is 62.0 Å². The van der Waals surface area contributed by atoms with Crippen molar-refractivity contribution in [2.24, 2.45) is 4.99 Å². The topological polar surface area (TPSA) is 73.8 Å². The molecule has 152 valence electrons. The maximum atomic E-state index is 12.2. The molecule has 1 heterocycles. The van der Waals surface area contributed by atoms with Crippen LogP contribution >= 0.6 is 0 Å². The van der Waals surface area contributed by atoms with Crippen molar-refractivity contribution in [1.82, 2.24) is 15.5 Å². The first kappa shape index (κ1) is 21.7. The monoisotopic (exact) mass is 394 g/mol. The van der Waals surface area contributed by atoms with Gasteiger partial charge in [-0.25, -0.2) is 8.42 Å². The summed E-state index contributed by atoms with van der Waals surface area (Å²) in [4.78, 5) is 6.71. The molecule has 2 N–H and O–H groups in total. The van der Waals surface area contributed by atoms with E-state index < -0.39 is 14.6 Å². The summed E-state index contributed by atoms with van der Waals surface area (Å²) in [5, 5.41) is 6.58. The van der Waals surface area contributed by atoms with Gasteiger partial charge in [0, 0.05) is 38.8 Å². The van der Waals surface area contributed by atoms with Crippen LogP contribution in [0.25, 0.3) is 0 Å². The molecule has 1 aromatic rings. The van der Waals surface area contributed by atoms with Gasteiger partial charge in [-0.15, -0.1) is 0 Å². The highest BCUT2D eigenvalue weighted by atomic mass is 32.2. The number of sulfone groups is 1. The Morgan fingerprint density at radius 1 is 1.26 bits per heavy atom. The Kier molecular flexibility index (Phi) is 7.28. The highest BCUT2D eigenvalue weighted by Crippen LogP contribution is 2.20. The molecular formula is C20H34N4O2S. The minimum atomic E-state index is -3.13. The normalized spacial score (nSPS) is 22.0. The molecule has 0 bridgehead atoms. The van der Waals surface area contributed by atoms with Crippen molar-refractivity contribution in [3.05, 3.63) is 35.9 Å². The summed E-state index contributed by atoms with van der Waals surface area (Å²) in [6.45, 7) is 9.68. The third-order valence-electron chi connectivity index (χ3n) is 5.09. The Labute approximate surface area is 164 Å². The molecule has 6 nitrogen and oxygen atoms in total. The molecule has 1 aliphatic heterocycles. The van der Waals surface area contributed by atoms with Gasteiger partial charge in [0.15, 0.2) is 15.8 Å². The number of hydrogen-bond acceptors (Lipinski definition) is 4. The molecule has 2 unspecified atom stereocenters. The van der Waals surface area contributed by atoms with E-state index in [4.69, 9.17) is 0 Å². The van der Waals surface area contributed by atoms with Gasteiger partial charge in [-0.1, -0.05) is 30.3 Å². The highest BCUT2D eigenvalue weighted by Gasteiger charge is 2.30. The van der Waals surface area contributed by atoms with Crippen LogP contribution in [0.3, 0.4) is 0 Å². The first-order chi connectivity index (χ1) is 12.6. The molecule has 1 aliphatic rings. The molecule has 0 radical (unpaired) electrons. The van der Waals surface area contributed by atoms with E-state index in [2.05, 4.69) is 51.7 Å². The summed E-state index contributed by atoms with van der Waals surface area (Å²) in [5.74, 6) is 0.760. The zero-order chi connectivity index (χ0) is 20.1. The summed E-state index contributed by atoms with van der Waals surface area (Å²) >= 11 is 0. The molecule has 0 saturated carbocycles. The van der Waals surface area contributed by atoms with Crippen LogP contribution in [0.4, 0.5) is 0 Å². The summed E-state index contributed by atoms with van der Waals surface area (Å²) in [6, 6.07) is 11.3. The molecule has 1 aromatic carbocycles. The second kappa shape index (κ2) is 9.06. The number of nitrogens with zero attached hydrogens (tertiary/aromatic N) is 2. The first-order valence-electron chi connectivity index (χ1n) is 9.60. The van der Waals surface area contributed by atoms with Gasteiger partial charge < -0.3 is 10.6 Å². The molecule has 2 atom stereocenters. The summed E-state index contributed by atoms with van der Waals surface area (Å²) in [6.07, 6.45) is 1.04. The second-order valence-electron chi connectivity index (χ2n) is 8.27. The van der Waals surface area contributed by atoms with E-state index in [1.807, 2.05) is 6.07 Å². The molecule has 0 aliphatic carbocycles. The fraction of sp³-hybridized carbons (Fsp3) is 0.650. The van der Waals surface area contributed by atoms with Gasteiger partial charge in [0.25, 0.3) is 0 Å². The van der Waals surface area contributed by atoms with E-state index in [1.165, 1.54) is 5.56 Å². The molecule has 0 spiro atoms. The molecule has 0 aromatic heterocycles. The number of benzene rings is 1. The van der Waals surface area contributed by atoms with Crippen molar-refractivity contribution in [1.29, 1.82) is 0 Å². The number of guanidine groups is 1. The molecule has 0 amide bonds. The summed E-state index contributed by atoms with van der Waals surface area (Å²) in [7, 11) is -1.42. The Balaban J connectivity index is 1.83. The maximum Gasteiger partial charge on any atom is 0.191 e. The van der Waals surface area contributed by atoms with Crippen molar-refractivity contribution in [2.75, 3.05) is 25.9 Å². The van der Waals surface area contributed by atoms with Gasteiger partial charge >= 0.3 is 0 Å². The Bertz CT molecular complexity index is 726. The van der Waals surface area contributed by atoms with Gasteiger partial charge in [-0.05, 0) is 39.7 Å². The lowest BCUT2D eigenvalue weighted by Gasteiger charge is -2.22. The van der Waals surface area contributed by atoms with Crippen LogP contribution in [0.2, 0.25) is 0 Å². The average Bonchev–Trinajstić information content (AvgIpc) is 2.93. The Hall–Kier alpha value is -1.60. The quantitative estimate of drug-likeness (QED) is 0.570. The zero-order valence-corrected chi connectivity index (χ0v) is 18.0. The van der Waals surface area contributed by atoms with E-state index >= 15 is 0 Å². The number of hydrogen-bond donors (Lipinski definition) is 2. The van der Waals surface area contributed by atoms with Gasteiger partial charge in [-0.3, -0.25) is 9.89 Å². The predicted molar refractivity (Wildman–Crippen MR) is 113 cm³/mol. The third kappa shape index (κ3) is 6.21. The minimum absolute atomic E-state index is 0.0956. The van der Waals surface area contributed by atoms with Gasteiger partial charge in [-0.2, -0.15) is 0 Å². The first-order valence-corrected chi connectivity index (χ1v) is 11.2. The van der Waals surface area contributed by atoms with Crippen LogP contribution in [-0.2, 0) is 16.4 Å². The number of nitrogens with one attached hydrogen (secondary N) is 2. The SMILES string of the molecule is CN=C(NCCS(=O)(=O)C(C)(C)C)NC1CC(C)N(Cc2ccccc2)C1. The van der Waals surface area contributed by atoms with E-state index in [1.54, 1.807) is 27.8 Å². The maximum absolute atomic E-state index is 12.2. The van der Waals surface area contributed by atoms with Crippen LogP contribution in [0.5, 0.6) is 0 Å². The zero-order valence-electron chi connectivity index (χ0n) is 17.2. The Morgan fingerprint density at radius 3 is 2.52 bits per heavy atom. The molecule has 1 fully saturated rings. The van der Waals surface area contributed by atoms with Crippen molar-refractivity contribution in [2.45, 2.75) is 57.5 Å². The summed E-state index contributed by atoms with van der Waals surface area (Å²) in [5.41, 5.74) is 1.32. The van der Waals surface area contributed by atoms with Crippen LogP contribution in [0.1, 0.15) is 39.7 Å². The molecule has 7 heteroatoms. The fourth-order valence-electron chi connectivity index (χ4n) is 3.24. The molecule has 2 rings (SSSR count). The molecule has 27 heavy (non-hydrogen) atoms. The number of rotatable bonds is 6. The van der Waals surface area contributed by atoms with Gasteiger partial charge in [0.2, 0.25) is 0 Å². The fourth-order valence-corrected chi connectivity index (χ4v) is 4.22. The molecular weight excluding hydrogens is 360 g/mol. The van der Waals surface area contributed by atoms with E-state index in [0.717, 1.165) is 19.5 Å². The number of likely N-dealkylation sites (tertiary alicyclic amines) is 1. The Morgan fingerprint density at radius 2 is 1.93 bits per heavy atom. The summed E-state index contributed by atoms with van der Waals surface area (Å²) < 4.78 is 23.7. The minimum Gasteiger partial charge on any atom is -0.355 e.